The zero-order chi connectivity index (χ0) is 12.3. The van der Waals surface area contributed by atoms with Crippen molar-refractivity contribution in [2.75, 3.05) is 0 Å². The zero-order valence-corrected chi connectivity index (χ0v) is 10.6. The van der Waals surface area contributed by atoms with Gasteiger partial charge in [-0.25, -0.2) is 4.79 Å². The van der Waals surface area contributed by atoms with Crippen molar-refractivity contribution in [2.45, 2.75) is 64.7 Å². The highest BCUT2D eigenvalue weighted by atomic mass is 16.6. The third kappa shape index (κ3) is 4.00. The Morgan fingerprint density at radius 3 is 2.38 bits per heavy atom. The number of hydrogen-bond acceptors (Lipinski definition) is 3. The highest BCUT2D eigenvalue weighted by Gasteiger charge is 2.31. The van der Waals surface area contributed by atoms with E-state index in [2.05, 4.69) is 5.32 Å². The predicted octanol–water partition coefficient (Wildman–Crippen LogP) is 2.06. The summed E-state index contributed by atoms with van der Waals surface area (Å²) in [5.41, 5.74) is -0.495. The molecule has 1 rings (SSSR count). The zero-order valence-electron chi connectivity index (χ0n) is 10.6. The number of ether oxygens (including phenoxy) is 1. The van der Waals surface area contributed by atoms with E-state index in [-0.39, 0.29) is 6.04 Å². The fraction of sp³-hybridized carbons (Fsp3) is 0.917. The van der Waals surface area contributed by atoms with Crippen LogP contribution in [0.25, 0.3) is 0 Å². The van der Waals surface area contributed by atoms with Crippen LogP contribution in [0.3, 0.4) is 0 Å². The minimum Gasteiger partial charge on any atom is -0.444 e. The van der Waals surface area contributed by atoms with Crippen LogP contribution in [0, 0.1) is 5.92 Å². The second kappa shape index (κ2) is 5.04. The van der Waals surface area contributed by atoms with Gasteiger partial charge in [0.15, 0.2) is 0 Å². The topological polar surface area (TPSA) is 58.6 Å². The lowest BCUT2D eigenvalue weighted by atomic mass is 9.79. The molecule has 0 bridgehead atoms. The van der Waals surface area contributed by atoms with Gasteiger partial charge < -0.3 is 15.2 Å². The highest BCUT2D eigenvalue weighted by Crippen LogP contribution is 2.30. The summed E-state index contributed by atoms with van der Waals surface area (Å²) in [6.45, 7) is 7.27. The molecular weight excluding hydrogens is 206 g/mol. The van der Waals surface area contributed by atoms with Gasteiger partial charge in [-0.15, -0.1) is 0 Å². The molecule has 2 N–H and O–H groups in total. The molecule has 2 atom stereocenters. The summed E-state index contributed by atoms with van der Waals surface area (Å²) in [6, 6.07) is -0.250. The lowest BCUT2D eigenvalue weighted by Crippen LogP contribution is -2.47. The van der Waals surface area contributed by atoms with E-state index < -0.39 is 17.8 Å². The Morgan fingerprint density at radius 2 is 2.00 bits per heavy atom. The van der Waals surface area contributed by atoms with E-state index in [1.165, 1.54) is 6.42 Å². The van der Waals surface area contributed by atoms with Crippen LogP contribution in [-0.4, -0.2) is 28.9 Å². The van der Waals surface area contributed by atoms with Crippen LogP contribution in [0.15, 0.2) is 0 Å². The van der Waals surface area contributed by atoms with E-state index in [9.17, 15) is 9.90 Å². The van der Waals surface area contributed by atoms with Crippen LogP contribution in [0.5, 0.6) is 0 Å². The average molecular weight is 229 g/mol. The van der Waals surface area contributed by atoms with Gasteiger partial charge in [0, 0.05) is 0 Å². The van der Waals surface area contributed by atoms with Crippen LogP contribution in [-0.2, 0) is 4.74 Å². The summed E-state index contributed by atoms with van der Waals surface area (Å²) >= 11 is 0. The molecule has 1 amide bonds. The van der Waals surface area contributed by atoms with Crippen LogP contribution >= 0.6 is 0 Å². The van der Waals surface area contributed by atoms with Crippen LogP contribution in [0.2, 0.25) is 0 Å². The monoisotopic (exact) mass is 229 g/mol. The van der Waals surface area contributed by atoms with Crippen molar-refractivity contribution in [1.82, 2.24) is 5.32 Å². The first kappa shape index (κ1) is 13.3. The summed E-state index contributed by atoms with van der Waals surface area (Å²) in [5, 5.41) is 12.6. The van der Waals surface area contributed by atoms with Gasteiger partial charge in [-0.05, 0) is 46.5 Å². The molecule has 0 radical (unpaired) electrons. The Hall–Kier alpha value is -0.770. The van der Waals surface area contributed by atoms with Crippen molar-refractivity contribution in [3.8, 4) is 0 Å². The summed E-state index contributed by atoms with van der Waals surface area (Å²) in [7, 11) is 0. The molecule has 1 aliphatic rings. The van der Waals surface area contributed by atoms with Crippen molar-refractivity contribution >= 4 is 6.09 Å². The van der Waals surface area contributed by atoms with Gasteiger partial charge in [-0.1, -0.05) is 6.42 Å². The smallest absolute Gasteiger partial charge is 0.407 e. The van der Waals surface area contributed by atoms with Crippen molar-refractivity contribution in [3.05, 3.63) is 0 Å². The summed E-state index contributed by atoms with van der Waals surface area (Å²) < 4.78 is 5.13. The molecule has 1 saturated carbocycles. The number of hydrogen-bond donors (Lipinski definition) is 2. The molecule has 0 heterocycles. The summed E-state index contributed by atoms with van der Waals surface area (Å²) in [6.07, 6.45) is 2.38. The fourth-order valence-electron chi connectivity index (χ4n) is 1.77. The van der Waals surface area contributed by atoms with Gasteiger partial charge in [0.25, 0.3) is 0 Å². The average Bonchev–Trinajstić information content (AvgIpc) is 1.96. The molecule has 16 heavy (non-hydrogen) atoms. The first-order chi connectivity index (χ1) is 7.29. The number of nitrogens with one attached hydrogen (secondary N) is 1. The van der Waals surface area contributed by atoms with Crippen molar-refractivity contribution in [2.24, 2.45) is 5.92 Å². The third-order valence-electron chi connectivity index (χ3n) is 2.89. The van der Waals surface area contributed by atoms with Crippen molar-refractivity contribution < 1.29 is 14.6 Å². The molecule has 0 aromatic carbocycles. The first-order valence-corrected chi connectivity index (χ1v) is 5.97. The van der Waals surface area contributed by atoms with Crippen LogP contribution in [0.1, 0.15) is 47.0 Å². The number of carbonyl (C=O) groups excluding carboxylic acids is 1. The second-order valence-corrected chi connectivity index (χ2v) is 5.62. The number of aliphatic hydroxyl groups is 1. The highest BCUT2D eigenvalue weighted by molar-refractivity contribution is 5.68. The molecule has 1 aliphatic carbocycles. The first-order valence-electron chi connectivity index (χ1n) is 5.97. The Kier molecular flexibility index (Phi) is 4.19. The SMILES string of the molecule is C[C@H](NC(=O)OC(C)(C)C)C(O)C1CCC1. The number of carbonyl (C=O) groups is 1. The standard InChI is InChI=1S/C12H23NO3/c1-8(10(14)9-6-5-7-9)13-11(15)16-12(2,3)4/h8-10,14H,5-7H2,1-4H3,(H,13,15)/t8-,10?/m0/s1. The van der Waals surface area contributed by atoms with E-state index in [1.54, 1.807) is 0 Å². The third-order valence-corrected chi connectivity index (χ3v) is 2.89. The lowest BCUT2D eigenvalue weighted by Gasteiger charge is -2.34. The molecule has 0 saturated heterocycles. The van der Waals surface area contributed by atoms with Crippen molar-refractivity contribution in [1.29, 1.82) is 0 Å². The van der Waals surface area contributed by atoms with E-state index >= 15 is 0 Å². The molecule has 4 heteroatoms. The van der Waals surface area contributed by atoms with E-state index in [0.29, 0.717) is 5.92 Å². The predicted molar refractivity (Wildman–Crippen MR) is 62.2 cm³/mol. The Bertz CT molecular complexity index is 243. The van der Waals surface area contributed by atoms with Gasteiger partial charge in [-0.2, -0.15) is 0 Å². The van der Waals surface area contributed by atoms with Crippen LogP contribution in [0.4, 0.5) is 4.79 Å². The number of aliphatic hydroxyl groups excluding tert-OH is 1. The summed E-state index contributed by atoms with van der Waals surface area (Å²) in [5.74, 6) is 0.338. The van der Waals surface area contributed by atoms with Gasteiger partial charge in [0.1, 0.15) is 5.60 Å². The maximum atomic E-state index is 11.5. The summed E-state index contributed by atoms with van der Waals surface area (Å²) in [4.78, 5) is 11.5. The molecule has 0 aromatic heterocycles. The largest absolute Gasteiger partial charge is 0.444 e. The molecular formula is C12H23NO3. The second-order valence-electron chi connectivity index (χ2n) is 5.62. The number of alkyl carbamates (subject to hydrolysis) is 1. The molecule has 4 nitrogen and oxygen atoms in total. The minimum absolute atomic E-state index is 0.250. The molecule has 94 valence electrons. The molecule has 0 spiro atoms. The Labute approximate surface area is 97.4 Å². The normalized spacial score (nSPS) is 20.8. The van der Waals surface area contributed by atoms with Gasteiger partial charge in [0.05, 0.1) is 12.1 Å². The quantitative estimate of drug-likeness (QED) is 0.778. The van der Waals surface area contributed by atoms with Crippen LogP contribution < -0.4 is 5.32 Å². The maximum absolute atomic E-state index is 11.5. The van der Waals surface area contributed by atoms with E-state index in [4.69, 9.17) is 4.74 Å². The molecule has 0 aromatic rings. The van der Waals surface area contributed by atoms with Gasteiger partial charge >= 0.3 is 6.09 Å². The molecule has 1 fully saturated rings. The van der Waals surface area contributed by atoms with E-state index in [0.717, 1.165) is 12.8 Å². The van der Waals surface area contributed by atoms with Gasteiger partial charge in [0.2, 0.25) is 0 Å². The van der Waals surface area contributed by atoms with Gasteiger partial charge in [-0.3, -0.25) is 0 Å². The fourth-order valence-corrected chi connectivity index (χ4v) is 1.77. The maximum Gasteiger partial charge on any atom is 0.407 e. The lowest BCUT2D eigenvalue weighted by molar-refractivity contribution is 0.0197. The minimum atomic E-state index is -0.495. The Balaban J connectivity index is 2.32. The molecule has 1 unspecified atom stereocenters. The number of rotatable bonds is 3. The van der Waals surface area contributed by atoms with E-state index in [1.807, 2.05) is 27.7 Å². The molecule has 0 aliphatic heterocycles. The Morgan fingerprint density at radius 1 is 1.44 bits per heavy atom. The number of amides is 1. The van der Waals surface area contributed by atoms with Crippen molar-refractivity contribution in [3.63, 3.8) is 0 Å².